The number of pyridine rings is 3. The van der Waals surface area contributed by atoms with Gasteiger partial charge in [-0.05, 0) is 75.8 Å². The minimum Gasteiger partial charge on any atom is -0.265 e. The van der Waals surface area contributed by atoms with Crippen molar-refractivity contribution in [3.05, 3.63) is 91.8 Å². The molecule has 3 nitrogen and oxygen atoms in total. The van der Waals surface area contributed by atoms with Crippen LogP contribution >= 0.6 is 0 Å². The van der Waals surface area contributed by atoms with Crippen LogP contribution in [0.25, 0.3) is 33.4 Å². The van der Waals surface area contributed by atoms with E-state index in [-0.39, 0.29) is 0 Å². The Morgan fingerprint density at radius 2 is 0.833 bits per heavy atom. The van der Waals surface area contributed by atoms with Crippen molar-refractivity contribution in [1.82, 2.24) is 15.0 Å². The van der Waals surface area contributed by atoms with Crippen molar-refractivity contribution in [2.45, 2.75) is 0 Å². The van der Waals surface area contributed by atoms with E-state index in [1.54, 1.807) is 0 Å². The predicted molar refractivity (Wildman–Crippen MR) is 96.1 cm³/mol. The maximum absolute atomic E-state index is 4.14. The molecule has 1 aromatic carbocycles. The molecule has 0 aliphatic carbocycles. The molecule has 0 saturated heterocycles. The van der Waals surface area contributed by atoms with E-state index < -0.39 is 0 Å². The van der Waals surface area contributed by atoms with Gasteiger partial charge >= 0.3 is 0 Å². The molecular weight excluding hydrogens is 294 g/mol. The first kappa shape index (κ1) is 14.3. The molecule has 0 radical (unpaired) electrons. The summed E-state index contributed by atoms with van der Waals surface area (Å²) in [5.41, 5.74) is 6.98. The number of rotatable bonds is 3. The lowest BCUT2D eigenvalue weighted by Gasteiger charge is -2.12. The second kappa shape index (κ2) is 6.42. The molecule has 3 aromatic heterocycles. The minimum atomic E-state index is 1.15. The van der Waals surface area contributed by atoms with Gasteiger partial charge in [-0.2, -0.15) is 0 Å². The van der Waals surface area contributed by atoms with Crippen molar-refractivity contribution < 1.29 is 0 Å². The van der Waals surface area contributed by atoms with Gasteiger partial charge in [0, 0.05) is 37.2 Å². The number of aromatic nitrogens is 3. The van der Waals surface area contributed by atoms with Gasteiger partial charge in [-0.25, -0.2) is 0 Å². The van der Waals surface area contributed by atoms with Crippen LogP contribution in [0.5, 0.6) is 0 Å². The summed E-state index contributed by atoms with van der Waals surface area (Å²) in [5, 5.41) is 0. The quantitative estimate of drug-likeness (QED) is 0.542. The van der Waals surface area contributed by atoms with Crippen molar-refractivity contribution in [3.63, 3.8) is 0 Å². The summed E-state index contributed by atoms with van der Waals surface area (Å²) in [6.45, 7) is 0. The van der Waals surface area contributed by atoms with Crippen LogP contribution in [0.4, 0.5) is 0 Å². The van der Waals surface area contributed by atoms with Gasteiger partial charge in [0.05, 0.1) is 0 Å². The highest BCUT2D eigenvalue weighted by Gasteiger charge is 2.09. The van der Waals surface area contributed by atoms with Crippen molar-refractivity contribution in [1.29, 1.82) is 0 Å². The Morgan fingerprint density at radius 3 is 1.38 bits per heavy atom. The molecule has 0 saturated carbocycles. The Hall–Kier alpha value is -3.33. The molecule has 24 heavy (non-hydrogen) atoms. The predicted octanol–water partition coefficient (Wildman–Crippen LogP) is 4.87. The first-order valence-corrected chi connectivity index (χ1v) is 7.77. The number of benzene rings is 1. The number of hydrogen-bond donors (Lipinski definition) is 0. The van der Waals surface area contributed by atoms with Crippen molar-refractivity contribution >= 4 is 0 Å². The van der Waals surface area contributed by atoms with Crippen LogP contribution in [0.2, 0.25) is 0 Å². The lowest BCUT2D eigenvalue weighted by molar-refractivity contribution is 1.32. The number of hydrogen-bond acceptors (Lipinski definition) is 3. The zero-order valence-electron chi connectivity index (χ0n) is 13.0. The SMILES string of the molecule is c1cc(-c2ccc(-c3ccncc3)c(-c3ccncc3)c2)ccn1. The lowest BCUT2D eigenvalue weighted by Crippen LogP contribution is -1.88. The van der Waals surface area contributed by atoms with Crippen molar-refractivity contribution in [3.8, 4) is 33.4 Å². The molecule has 4 rings (SSSR count). The molecule has 3 heteroatoms. The van der Waals surface area contributed by atoms with Crippen LogP contribution in [0.15, 0.2) is 91.8 Å². The summed E-state index contributed by atoms with van der Waals surface area (Å²) in [4.78, 5) is 12.4. The van der Waals surface area contributed by atoms with Gasteiger partial charge in [-0.3, -0.25) is 15.0 Å². The maximum Gasteiger partial charge on any atom is 0.0273 e. The highest BCUT2D eigenvalue weighted by Crippen LogP contribution is 2.35. The normalized spacial score (nSPS) is 10.5. The topological polar surface area (TPSA) is 38.7 Å². The molecule has 0 aliphatic heterocycles. The van der Waals surface area contributed by atoms with E-state index in [1.165, 1.54) is 16.7 Å². The molecule has 0 fully saturated rings. The third kappa shape index (κ3) is 2.79. The molecule has 0 unspecified atom stereocenters. The van der Waals surface area contributed by atoms with Crippen molar-refractivity contribution in [2.75, 3.05) is 0 Å². The third-order valence-corrected chi connectivity index (χ3v) is 4.02. The van der Waals surface area contributed by atoms with Gasteiger partial charge in [0.25, 0.3) is 0 Å². The standard InChI is InChI=1S/C21H15N3/c1-2-20(17-5-11-23-12-6-17)21(18-7-13-24-14-8-18)15-19(1)16-3-9-22-10-4-16/h1-15H. The van der Waals surface area contributed by atoms with Crippen LogP contribution in [-0.2, 0) is 0 Å². The first-order chi connectivity index (χ1) is 11.9. The zero-order valence-corrected chi connectivity index (χ0v) is 13.0. The van der Waals surface area contributed by atoms with Gasteiger partial charge in [-0.1, -0.05) is 12.1 Å². The van der Waals surface area contributed by atoms with E-state index in [9.17, 15) is 0 Å². The highest BCUT2D eigenvalue weighted by atomic mass is 14.6. The van der Waals surface area contributed by atoms with Gasteiger partial charge in [0.15, 0.2) is 0 Å². The molecular formula is C21H15N3. The van der Waals surface area contributed by atoms with Crippen molar-refractivity contribution in [2.24, 2.45) is 0 Å². The summed E-state index contributed by atoms with van der Waals surface area (Å²) in [5.74, 6) is 0. The Kier molecular flexibility index (Phi) is 3.82. The van der Waals surface area contributed by atoms with E-state index in [4.69, 9.17) is 0 Å². The molecule has 114 valence electrons. The molecule has 0 atom stereocenters. The van der Waals surface area contributed by atoms with Gasteiger partial charge in [-0.15, -0.1) is 0 Å². The van der Waals surface area contributed by atoms with Crippen LogP contribution in [0, 0.1) is 0 Å². The largest absolute Gasteiger partial charge is 0.265 e. The minimum absolute atomic E-state index is 1.15. The third-order valence-electron chi connectivity index (χ3n) is 4.02. The summed E-state index contributed by atoms with van der Waals surface area (Å²) in [7, 11) is 0. The zero-order chi connectivity index (χ0) is 16.2. The smallest absolute Gasteiger partial charge is 0.0273 e. The fourth-order valence-corrected chi connectivity index (χ4v) is 2.82. The summed E-state index contributed by atoms with van der Waals surface area (Å²) >= 11 is 0. The van der Waals surface area contributed by atoms with E-state index >= 15 is 0 Å². The van der Waals surface area contributed by atoms with Gasteiger partial charge in [0.2, 0.25) is 0 Å². The van der Waals surface area contributed by atoms with E-state index in [2.05, 4.69) is 33.2 Å². The van der Waals surface area contributed by atoms with Crippen LogP contribution in [-0.4, -0.2) is 15.0 Å². The maximum atomic E-state index is 4.14. The Balaban J connectivity index is 1.92. The first-order valence-electron chi connectivity index (χ1n) is 7.77. The molecule has 0 aliphatic rings. The van der Waals surface area contributed by atoms with E-state index in [0.717, 1.165) is 16.7 Å². The fraction of sp³-hybridized carbons (Fsp3) is 0. The Morgan fingerprint density at radius 1 is 0.375 bits per heavy atom. The van der Waals surface area contributed by atoms with Crippen LogP contribution in [0.3, 0.4) is 0 Å². The fourth-order valence-electron chi connectivity index (χ4n) is 2.82. The van der Waals surface area contributed by atoms with Gasteiger partial charge in [0.1, 0.15) is 0 Å². The Labute approximate surface area is 140 Å². The molecule has 0 amide bonds. The average Bonchev–Trinajstić information content (AvgIpc) is 2.69. The van der Waals surface area contributed by atoms with E-state index in [0.29, 0.717) is 0 Å². The van der Waals surface area contributed by atoms with Gasteiger partial charge < -0.3 is 0 Å². The second-order valence-corrected chi connectivity index (χ2v) is 5.47. The molecule has 3 heterocycles. The Bertz CT molecular complexity index is 936. The second-order valence-electron chi connectivity index (χ2n) is 5.47. The molecule has 0 N–H and O–H groups in total. The van der Waals surface area contributed by atoms with Crippen LogP contribution < -0.4 is 0 Å². The summed E-state index contributed by atoms with van der Waals surface area (Å²) in [6, 6.07) is 18.7. The average molecular weight is 309 g/mol. The van der Waals surface area contributed by atoms with E-state index in [1.807, 2.05) is 73.6 Å². The monoisotopic (exact) mass is 309 g/mol. The molecule has 0 spiro atoms. The summed E-state index contributed by atoms with van der Waals surface area (Å²) < 4.78 is 0. The molecule has 4 aromatic rings. The summed E-state index contributed by atoms with van der Waals surface area (Å²) in [6.07, 6.45) is 10.9. The van der Waals surface area contributed by atoms with Crippen LogP contribution in [0.1, 0.15) is 0 Å². The highest BCUT2D eigenvalue weighted by molar-refractivity contribution is 5.86. The number of nitrogens with zero attached hydrogens (tertiary/aromatic N) is 3. The molecule has 0 bridgehead atoms. The lowest BCUT2D eigenvalue weighted by atomic mass is 9.92.